The number of amides is 1. The predicted molar refractivity (Wildman–Crippen MR) is 85.0 cm³/mol. The van der Waals surface area contributed by atoms with E-state index in [9.17, 15) is 4.79 Å². The highest BCUT2D eigenvalue weighted by Crippen LogP contribution is 2.27. The van der Waals surface area contributed by atoms with Crippen molar-refractivity contribution in [2.45, 2.75) is 38.6 Å². The zero-order valence-electron chi connectivity index (χ0n) is 12.3. The maximum Gasteiger partial charge on any atom is 0.270 e. The molecule has 0 spiro atoms. The van der Waals surface area contributed by atoms with Crippen molar-refractivity contribution in [1.82, 2.24) is 10.3 Å². The van der Waals surface area contributed by atoms with Crippen LogP contribution >= 0.6 is 0 Å². The van der Waals surface area contributed by atoms with Crippen LogP contribution in [-0.2, 0) is 0 Å². The van der Waals surface area contributed by atoms with Crippen LogP contribution in [0.15, 0.2) is 30.3 Å². The number of hydrogen-bond donors (Lipinski definition) is 2. The highest BCUT2D eigenvalue weighted by atomic mass is 16.1. The molecule has 3 N–H and O–H groups in total. The van der Waals surface area contributed by atoms with Crippen LogP contribution < -0.4 is 11.1 Å². The van der Waals surface area contributed by atoms with E-state index < -0.39 is 0 Å². The summed E-state index contributed by atoms with van der Waals surface area (Å²) in [4.78, 5) is 16.8. The minimum atomic E-state index is -0.133. The zero-order valence-corrected chi connectivity index (χ0v) is 12.3. The summed E-state index contributed by atoms with van der Waals surface area (Å²) in [5.74, 6) is 0.457. The second kappa shape index (κ2) is 5.72. The first-order chi connectivity index (χ1) is 10.1. The molecule has 0 saturated heterocycles. The molecule has 0 unspecified atom stereocenters. The van der Waals surface area contributed by atoms with Crippen molar-refractivity contribution in [1.29, 1.82) is 0 Å². The zero-order chi connectivity index (χ0) is 14.8. The Kier molecular flexibility index (Phi) is 3.78. The van der Waals surface area contributed by atoms with Crippen molar-refractivity contribution in [2.75, 3.05) is 5.73 Å². The molecule has 1 aromatic carbocycles. The minimum absolute atomic E-state index is 0.133. The third kappa shape index (κ3) is 2.84. The van der Waals surface area contributed by atoms with Crippen LogP contribution in [0, 0.1) is 5.92 Å². The molecule has 1 heterocycles. The summed E-state index contributed by atoms with van der Waals surface area (Å²) in [7, 11) is 0. The SMILES string of the molecule is C[C@H](NC(=O)c1cc(N)c2ccccc2n1)C1CCCC1. The molecule has 110 valence electrons. The fraction of sp³-hybridized carbons (Fsp3) is 0.412. The Hall–Kier alpha value is -2.10. The smallest absolute Gasteiger partial charge is 0.270 e. The quantitative estimate of drug-likeness (QED) is 0.909. The normalized spacial score (nSPS) is 17.0. The molecular weight excluding hydrogens is 262 g/mol. The van der Waals surface area contributed by atoms with Gasteiger partial charge >= 0.3 is 0 Å². The summed E-state index contributed by atoms with van der Waals surface area (Å²) in [6, 6.07) is 9.47. The van der Waals surface area contributed by atoms with Crippen molar-refractivity contribution in [3.05, 3.63) is 36.0 Å². The van der Waals surface area contributed by atoms with Crippen LogP contribution in [0.3, 0.4) is 0 Å². The highest BCUT2D eigenvalue weighted by molar-refractivity contribution is 5.99. The lowest BCUT2D eigenvalue weighted by Gasteiger charge is -2.20. The fourth-order valence-electron chi connectivity index (χ4n) is 3.17. The minimum Gasteiger partial charge on any atom is -0.398 e. The number of carbonyl (C=O) groups excluding carboxylic acids is 1. The van der Waals surface area contributed by atoms with Crippen LogP contribution in [0.4, 0.5) is 5.69 Å². The van der Waals surface area contributed by atoms with Crippen LogP contribution in [-0.4, -0.2) is 16.9 Å². The first-order valence-electron chi connectivity index (χ1n) is 7.61. The van der Waals surface area contributed by atoms with E-state index in [1.54, 1.807) is 6.07 Å². The van der Waals surface area contributed by atoms with E-state index in [1.807, 2.05) is 24.3 Å². The molecule has 1 saturated carbocycles. The molecule has 3 rings (SSSR count). The molecule has 1 aliphatic carbocycles. The predicted octanol–water partition coefficient (Wildman–Crippen LogP) is 3.13. The van der Waals surface area contributed by atoms with Gasteiger partial charge in [0.1, 0.15) is 5.69 Å². The standard InChI is InChI=1S/C17H21N3O/c1-11(12-6-2-3-7-12)19-17(21)16-10-14(18)13-8-4-5-9-15(13)20-16/h4-5,8-12H,2-3,6-7H2,1H3,(H2,18,20)(H,19,21)/t11-/m0/s1. The van der Waals surface area contributed by atoms with Gasteiger partial charge in [0, 0.05) is 17.1 Å². The van der Waals surface area contributed by atoms with Crippen molar-refractivity contribution < 1.29 is 4.79 Å². The Balaban J connectivity index is 1.81. The van der Waals surface area contributed by atoms with E-state index in [0.29, 0.717) is 17.3 Å². The summed E-state index contributed by atoms with van der Waals surface area (Å²) >= 11 is 0. The molecular formula is C17H21N3O. The lowest BCUT2D eigenvalue weighted by Crippen LogP contribution is -2.37. The third-order valence-corrected chi connectivity index (χ3v) is 4.45. The summed E-state index contributed by atoms with van der Waals surface area (Å²) in [6.45, 7) is 2.08. The van der Waals surface area contributed by atoms with Crippen LogP contribution in [0.5, 0.6) is 0 Å². The molecule has 21 heavy (non-hydrogen) atoms. The molecule has 2 aromatic rings. The largest absolute Gasteiger partial charge is 0.398 e. The monoisotopic (exact) mass is 283 g/mol. The van der Waals surface area contributed by atoms with Gasteiger partial charge < -0.3 is 11.1 Å². The fourth-order valence-corrected chi connectivity index (χ4v) is 3.17. The van der Waals surface area contributed by atoms with Gasteiger partial charge in [-0.2, -0.15) is 0 Å². The van der Waals surface area contributed by atoms with E-state index in [2.05, 4.69) is 17.2 Å². The number of nitrogens with one attached hydrogen (secondary N) is 1. The van der Waals surface area contributed by atoms with Gasteiger partial charge in [0.15, 0.2) is 0 Å². The first-order valence-corrected chi connectivity index (χ1v) is 7.61. The summed E-state index contributed by atoms with van der Waals surface area (Å²) < 4.78 is 0. The molecule has 1 fully saturated rings. The number of anilines is 1. The van der Waals surface area contributed by atoms with E-state index in [4.69, 9.17) is 5.73 Å². The molecule has 0 radical (unpaired) electrons. The maximum absolute atomic E-state index is 12.4. The summed E-state index contributed by atoms with van der Waals surface area (Å²) in [5.41, 5.74) is 7.78. The number of carbonyl (C=O) groups is 1. The van der Waals surface area contributed by atoms with Crippen molar-refractivity contribution in [3.63, 3.8) is 0 Å². The van der Waals surface area contributed by atoms with Gasteiger partial charge in [-0.15, -0.1) is 0 Å². The Morgan fingerprint density at radius 3 is 2.81 bits per heavy atom. The van der Waals surface area contributed by atoms with Gasteiger partial charge in [0.2, 0.25) is 0 Å². The lowest BCUT2D eigenvalue weighted by atomic mass is 10.00. The van der Waals surface area contributed by atoms with Crippen LogP contribution in [0.2, 0.25) is 0 Å². The maximum atomic E-state index is 12.4. The third-order valence-electron chi connectivity index (χ3n) is 4.45. The number of aromatic nitrogens is 1. The average molecular weight is 283 g/mol. The number of nitrogens with zero attached hydrogens (tertiary/aromatic N) is 1. The van der Waals surface area contributed by atoms with E-state index in [0.717, 1.165) is 10.9 Å². The van der Waals surface area contributed by atoms with Gasteiger partial charge in [-0.1, -0.05) is 31.0 Å². The van der Waals surface area contributed by atoms with Gasteiger partial charge in [0.25, 0.3) is 5.91 Å². The molecule has 4 nitrogen and oxygen atoms in total. The summed E-state index contributed by atoms with van der Waals surface area (Å²) in [5, 5.41) is 3.96. The van der Waals surface area contributed by atoms with E-state index in [1.165, 1.54) is 25.7 Å². The Morgan fingerprint density at radius 2 is 2.05 bits per heavy atom. The number of nitrogen functional groups attached to an aromatic ring is 1. The molecule has 1 amide bonds. The first kappa shape index (κ1) is 13.9. The summed E-state index contributed by atoms with van der Waals surface area (Å²) in [6.07, 6.45) is 4.95. The second-order valence-corrected chi connectivity index (χ2v) is 5.92. The number of pyridine rings is 1. The lowest BCUT2D eigenvalue weighted by molar-refractivity contribution is 0.0922. The molecule has 0 bridgehead atoms. The molecule has 1 atom stereocenters. The van der Waals surface area contributed by atoms with Gasteiger partial charge in [0.05, 0.1) is 5.52 Å². The number of fused-ring (bicyclic) bond motifs is 1. The van der Waals surface area contributed by atoms with E-state index >= 15 is 0 Å². The number of nitrogens with two attached hydrogens (primary N) is 1. The molecule has 0 aliphatic heterocycles. The van der Waals surface area contributed by atoms with Crippen molar-refractivity contribution in [2.24, 2.45) is 5.92 Å². The number of para-hydroxylation sites is 1. The van der Waals surface area contributed by atoms with Gasteiger partial charge in [-0.05, 0) is 37.8 Å². The topological polar surface area (TPSA) is 68.0 Å². The van der Waals surface area contributed by atoms with E-state index in [-0.39, 0.29) is 11.9 Å². The average Bonchev–Trinajstić information content (AvgIpc) is 3.01. The molecule has 4 heteroatoms. The Labute approximate surface area is 124 Å². The van der Waals surface area contributed by atoms with Crippen LogP contribution in [0.1, 0.15) is 43.1 Å². The number of hydrogen-bond acceptors (Lipinski definition) is 3. The number of rotatable bonds is 3. The Bertz CT molecular complexity index is 662. The molecule has 1 aliphatic rings. The van der Waals surface area contributed by atoms with Gasteiger partial charge in [-0.3, -0.25) is 4.79 Å². The highest BCUT2D eigenvalue weighted by Gasteiger charge is 2.23. The van der Waals surface area contributed by atoms with Crippen molar-refractivity contribution in [3.8, 4) is 0 Å². The van der Waals surface area contributed by atoms with Crippen LogP contribution in [0.25, 0.3) is 10.9 Å². The number of benzene rings is 1. The second-order valence-electron chi connectivity index (χ2n) is 5.92. The van der Waals surface area contributed by atoms with Gasteiger partial charge in [-0.25, -0.2) is 4.98 Å². The Morgan fingerprint density at radius 1 is 1.33 bits per heavy atom. The van der Waals surface area contributed by atoms with Crippen molar-refractivity contribution >= 4 is 22.5 Å². The molecule has 1 aromatic heterocycles.